The van der Waals surface area contributed by atoms with Crippen LogP contribution in [0, 0.1) is 6.92 Å². The summed E-state index contributed by atoms with van der Waals surface area (Å²) in [6.45, 7) is 6.15. The number of fused-ring (bicyclic) bond motifs is 5. The van der Waals surface area contributed by atoms with Crippen LogP contribution in [-0.2, 0) is 15.7 Å². The molecule has 1 N–H and O–H groups in total. The van der Waals surface area contributed by atoms with Crippen LogP contribution >= 0.6 is 11.3 Å². The highest BCUT2D eigenvalue weighted by Crippen LogP contribution is 2.49. The molecule has 0 radical (unpaired) electrons. The fraction of sp³-hybridized carbons (Fsp3) is 0.568. The Balaban J connectivity index is 1.23. The molecule has 5 aromatic rings. The second kappa shape index (κ2) is 13.0. The lowest BCUT2D eigenvalue weighted by atomic mass is 9.92. The van der Waals surface area contributed by atoms with E-state index in [1.807, 2.05) is 4.90 Å². The average Bonchev–Trinajstić information content (AvgIpc) is 3.85. The van der Waals surface area contributed by atoms with Crippen molar-refractivity contribution in [3.63, 3.8) is 0 Å². The summed E-state index contributed by atoms with van der Waals surface area (Å²) in [6.07, 6.45) is 3.35. The highest BCUT2D eigenvalue weighted by Gasteiger charge is 2.49. The third-order valence-electron chi connectivity index (χ3n) is 11.3. The van der Waals surface area contributed by atoms with Crippen LogP contribution in [0.15, 0.2) is 24.7 Å². The third kappa shape index (κ3) is 6.10. The first-order valence-electron chi connectivity index (χ1n) is 18.3. The molecule has 4 fully saturated rings. The zero-order valence-electron chi connectivity index (χ0n) is 29.6. The van der Waals surface area contributed by atoms with E-state index >= 15 is 13.2 Å². The maximum atomic E-state index is 15.1. The van der Waals surface area contributed by atoms with Crippen LogP contribution < -0.4 is 9.64 Å². The molecule has 0 amide bonds. The van der Waals surface area contributed by atoms with E-state index in [9.17, 15) is 9.50 Å². The van der Waals surface area contributed by atoms with Crippen molar-refractivity contribution in [2.24, 2.45) is 0 Å². The van der Waals surface area contributed by atoms with E-state index in [1.165, 1.54) is 30.7 Å². The topological polar surface area (TPSA) is 111 Å². The zero-order valence-corrected chi connectivity index (χ0v) is 30.4. The molecular weight excluding hydrogens is 715 g/mol. The summed E-state index contributed by atoms with van der Waals surface area (Å²) in [6, 6.07) is 1.64. The van der Waals surface area contributed by atoms with E-state index < -0.39 is 29.1 Å². The normalized spacial score (nSPS) is 27.3. The summed E-state index contributed by atoms with van der Waals surface area (Å²) >= 11 is 1.24. The van der Waals surface area contributed by atoms with Gasteiger partial charge in [-0.15, -0.1) is 11.3 Å². The van der Waals surface area contributed by atoms with Crippen molar-refractivity contribution < 1.29 is 36.9 Å². The van der Waals surface area contributed by atoms with Crippen LogP contribution in [0.1, 0.15) is 62.8 Å². The van der Waals surface area contributed by atoms with Crippen molar-refractivity contribution in [2.75, 3.05) is 57.5 Å². The Hall–Kier alpha value is -3.70. The van der Waals surface area contributed by atoms with Crippen LogP contribution in [0.5, 0.6) is 6.01 Å². The largest absolute Gasteiger partial charge is 0.461 e. The molecule has 1 unspecified atom stereocenters. The lowest BCUT2D eigenvalue weighted by Gasteiger charge is -2.31. The quantitative estimate of drug-likeness (QED) is 0.185. The monoisotopic (exact) mass is 755 g/mol. The van der Waals surface area contributed by atoms with E-state index in [0.29, 0.717) is 81.7 Å². The van der Waals surface area contributed by atoms with Gasteiger partial charge in [-0.1, -0.05) is 0 Å². The van der Waals surface area contributed by atoms with Gasteiger partial charge in [0.25, 0.3) is 0 Å². The van der Waals surface area contributed by atoms with Gasteiger partial charge in [0, 0.05) is 65.1 Å². The number of rotatable bonds is 6. The number of nitrogens with zero attached hydrogens (tertiary/aromatic N) is 7. The number of aliphatic hydroxyl groups is 1. The molecule has 16 heteroatoms. The average molecular weight is 756 g/mol. The summed E-state index contributed by atoms with van der Waals surface area (Å²) in [7, 11) is 0. The summed E-state index contributed by atoms with van der Waals surface area (Å²) in [5, 5.41) is 17.3. The Morgan fingerprint density at radius 1 is 1.09 bits per heavy atom. The molecule has 0 spiro atoms. The first kappa shape index (κ1) is 35.0. The fourth-order valence-corrected chi connectivity index (χ4v) is 10.1. The predicted molar refractivity (Wildman–Crippen MR) is 192 cm³/mol. The molecule has 11 nitrogen and oxygen atoms in total. The second-order valence-corrected chi connectivity index (χ2v) is 16.3. The molecular formula is C37H41F4N7O4S. The Morgan fingerprint density at radius 3 is 2.77 bits per heavy atom. The minimum atomic E-state index is -4.67. The van der Waals surface area contributed by atoms with Crippen molar-refractivity contribution in [1.29, 1.82) is 0 Å². The number of aromatic nitrogens is 5. The van der Waals surface area contributed by atoms with Gasteiger partial charge in [-0.25, -0.2) is 9.07 Å². The van der Waals surface area contributed by atoms with Crippen molar-refractivity contribution in [3.8, 4) is 17.1 Å². The molecule has 9 rings (SSSR count). The lowest BCUT2D eigenvalue weighted by Crippen LogP contribution is -2.43. The summed E-state index contributed by atoms with van der Waals surface area (Å²) < 4.78 is 80.3. The Morgan fingerprint density at radius 2 is 1.96 bits per heavy atom. The second-order valence-electron chi connectivity index (χ2n) is 15.3. The number of benzene rings is 1. The smallest absolute Gasteiger partial charge is 0.417 e. The first-order chi connectivity index (χ1) is 25.4. The predicted octanol–water partition coefficient (Wildman–Crippen LogP) is 6.83. The molecule has 282 valence electrons. The molecule has 0 bridgehead atoms. The standard InChI is InChI=1S/C37H41F4N7O4S/c1-21-12-26-23(16-43-48(26)27-6-3-4-10-51-27)28(30(21)37(39,40)41)24-14-42-15-25-29-32(46-9-11-50-19-35(2,49)18-46)44-34(45-33(29)53-31(24)25)52-20-36-7-5-8-47(36)17-22(38)13-36/h12,14-16,22,27,49H,3-11,13,17-20H2,1-2H3/t22-,27?,35+,36+/m1/s1. The van der Waals surface area contributed by atoms with Gasteiger partial charge in [0.2, 0.25) is 0 Å². The van der Waals surface area contributed by atoms with Crippen molar-refractivity contribution in [3.05, 3.63) is 35.8 Å². The lowest BCUT2D eigenvalue weighted by molar-refractivity contribution is -0.137. The number of pyridine rings is 1. The molecule has 0 saturated carbocycles. The van der Waals surface area contributed by atoms with Gasteiger partial charge >= 0.3 is 12.2 Å². The van der Waals surface area contributed by atoms with Gasteiger partial charge < -0.3 is 24.2 Å². The number of aryl methyl sites for hydroxylation is 1. The van der Waals surface area contributed by atoms with Crippen molar-refractivity contribution in [2.45, 2.75) is 82.1 Å². The number of hydrogen-bond donors (Lipinski definition) is 1. The van der Waals surface area contributed by atoms with Crippen molar-refractivity contribution in [1.82, 2.24) is 29.6 Å². The zero-order chi connectivity index (χ0) is 36.7. The van der Waals surface area contributed by atoms with E-state index in [1.54, 1.807) is 23.9 Å². The van der Waals surface area contributed by atoms with Gasteiger partial charge in [0.1, 0.15) is 29.0 Å². The minimum absolute atomic E-state index is 0.00117. The number of hydrogen-bond acceptors (Lipinski definition) is 11. The van der Waals surface area contributed by atoms with Crippen LogP contribution in [0.25, 0.3) is 42.3 Å². The summed E-state index contributed by atoms with van der Waals surface area (Å²) in [4.78, 5) is 18.8. The Kier molecular flexibility index (Phi) is 8.57. The molecule has 1 aromatic carbocycles. The van der Waals surface area contributed by atoms with Gasteiger partial charge in [0.15, 0.2) is 6.23 Å². The molecule has 8 heterocycles. The van der Waals surface area contributed by atoms with Crippen LogP contribution in [0.3, 0.4) is 0 Å². The van der Waals surface area contributed by atoms with E-state index in [0.717, 1.165) is 32.2 Å². The molecule has 0 aliphatic carbocycles. The number of alkyl halides is 4. The molecule has 4 aromatic heterocycles. The Labute approximate surface area is 306 Å². The molecule has 4 saturated heterocycles. The molecule has 4 aliphatic heterocycles. The Bertz CT molecular complexity index is 2200. The number of thiophene rings is 1. The summed E-state index contributed by atoms with van der Waals surface area (Å²) in [5.41, 5.74) is -1.46. The van der Waals surface area contributed by atoms with Crippen LogP contribution in [-0.4, -0.2) is 105 Å². The highest BCUT2D eigenvalue weighted by atomic mass is 32.1. The van der Waals surface area contributed by atoms with Gasteiger partial charge in [-0.2, -0.15) is 28.2 Å². The number of β-amino-alcohol motifs (C(OH)–C–C–N with tert-alkyl or cyclic N) is 1. The number of halogens is 4. The van der Waals surface area contributed by atoms with Gasteiger partial charge in [-0.3, -0.25) is 9.88 Å². The van der Waals surface area contributed by atoms with E-state index in [-0.39, 0.29) is 43.1 Å². The molecule has 53 heavy (non-hydrogen) atoms. The maximum Gasteiger partial charge on any atom is 0.417 e. The SMILES string of the molecule is Cc1cc2c(cnn2C2CCCCO2)c(-c2cncc3c2sc2nc(OC[C@@]45CCCN4C[C@H](F)C5)nc(N4CCOC[C@@](C)(O)C4)c23)c1C(F)(F)F. The van der Waals surface area contributed by atoms with Crippen molar-refractivity contribution >= 4 is 48.4 Å². The molecule has 4 atom stereocenters. The highest BCUT2D eigenvalue weighted by molar-refractivity contribution is 7.26. The van der Waals surface area contributed by atoms with E-state index in [2.05, 4.69) is 15.0 Å². The van der Waals surface area contributed by atoms with Crippen LogP contribution in [0.2, 0.25) is 0 Å². The first-order valence-corrected chi connectivity index (χ1v) is 19.1. The van der Waals surface area contributed by atoms with Gasteiger partial charge in [-0.05, 0) is 64.1 Å². The number of ether oxygens (including phenoxy) is 3. The minimum Gasteiger partial charge on any atom is -0.461 e. The van der Waals surface area contributed by atoms with Crippen LogP contribution in [0.4, 0.5) is 23.4 Å². The molecule has 4 aliphatic rings. The van der Waals surface area contributed by atoms with E-state index in [4.69, 9.17) is 24.2 Å². The third-order valence-corrected chi connectivity index (χ3v) is 12.4. The fourth-order valence-electron chi connectivity index (χ4n) is 8.96. The summed E-state index contributed by atoms with van der Waals surface area (Å²) in [5.74, 6) is 0.462. The maximum absolute atomic E-state index is 15.1. The van der Waals surface area contributed by atoms with Gasteiger partial charge in [0.05, 0.1) is 48.0 Å². The number of anilines is 1.